The molecule has 1 unspecified atom stereocenters. The predicted molar refractivity (Wildman–Crippen MR) is 72.6 cm³/mol. The van der Waals surface area contributed by atoms with Crippen LogP contribution in [0.4, 0.5) is 0 Å². The zero-order valence-electron chi connectivity index (χ0n) is 9.88. The summed E-state index contributed by atoms with van der Waals surface area (Å²) < 4.78 is 27.1. The monoisotopic (exact) mass is 309 g/mol. The van der Waals surface area contributed by atoms with E-state index in [-0.39, 0.29) is 16.9 Å². The van der Waals surface area contributed by atoms with Crippen molar-refractivity contribution in [1.82, 2.24) is 4.31 Å². The van der Waals surface area contributed by atoms with Crippen LogP contribution in [0.1, 0.15) is 25.7 Å². The molecule has 1 fully saturated rings. The number of nitrogens with zero attached hydrogens (tertiary/aromatic N) is 1. The van der Waals surface area contributed by atoms with Gasteiger partial charge in [0.25, 0.3) is 10.0 Å². The van der Waals surface area contributed by atoms with Gasteiger partial charge >= 0.3 is 0 Å². The second kappa shape index (κ2) is 5.88. The first-order chi connectivity index (χ1) is 8.55. The van der Waals surface area contributed by atoms with Crippen molar-refractivity contribution in [3.05, 3.63) is 16.5 Å². The smallest absolute Gasteiger partial charge is 0.252 e. The largest absolute Gasteiger partial charge is 0.395 e. The molecule has 1 aromatic heterocycles. The SMILES string of the molecule is O=S(=O)(c1ccc(Cl)s1)N1CCCCCC1CO. The second-order valence-corrected chi connectivity index (χ2v) is 8.19. The molecular weight excluding hydrogens is 294 g/mol. The molecule has 0 aromatic carbocycles. The van der Waals surface area contributed by atoms with Crippen molar-refractivity contribution in [3.63, 3.8) is 0 Å². The number of sulfonamides is 1. The van der Waals surface area contributed by atoms with Crippen molar-refractivity contribution >= 4 is 33.0 Å². The lowest BCUT2D eigenvalue weighted by molar-refractivity contribution is 0.186. The van der Waals surface area contributed by atoms with Gasteiger partial charge in [-0.05, 0) is 25.0 Å². The van der Waals surface area contributed by atoms with Crippen LogP contribution in [0.5, 0.6) is 0 Å². The van der Waals surface area contributed by atoms with Crippen molar-refractivity contribution in [2.24, 2.45) is 0 Å². The number of halogens is 1. The molecule has 0 radical (unpaired) electrons. The lowest BCUT2D eigenvalue weighted by Crippen LogP contribution is -2.41. The van der Waals surface area contributed by atoms with Gasteiger partial charge in [0.1, 0.15) is 4.21 Å². The van der Waals surface area contributed by atoms with Gasteiger partial charge in [-0.25, -0.2) is 8.42 Å². The molecule has 4 nitrogen and oxygen atoms in total. The summed E-state index contributed by atoms with van der Waals surface area (Å²) in [5.74, 6) is 0. The summed E-state index contributed by atoms with van der Waals surface area (Å²) in [6.45, 7) is 0.349. The fourth-order valence-electron chi connectivity index (χ4n) is 2.20. The lowest BCUT2D eigenvalue weighted by atomic mass is 10.1. The number of rotatable bonds is 3. The van der Waals surface area contributed by atoms with Crippen molar-refractivity contribution < 1.29 is 13.5 Å². The molecule has 1 aromatic rings. The van der Waals surface area contributed by atoms with E-state index in [0.717, 1.165) is 37.0 Å². The van der Waals surface area contributed by atoms with Crippen LogP contribution in [0.3, 0.4) is 0 Å². The third kappa shape index (κ3) is 2.88. The van der Waals surface area contributed by atoms with E-state index in [2.05, 4.69) is 0 Å². The summed E-state index contributed by atoms with van der Waals surface area (Å²) in [6.07, 6.45) is 3.53. The van der Waals surface area contributed by atoms with Gasteiger partial charge in [-0.1, -0.05) is 24.4 Å². The average Bonchev–Trinajstić information content (AvgIpc) is 2.65. The lowest BCUT2D eigenvalue weighted by Gasteiger charge is -2.26. The maximum Gasteiger partial charge on any atom is 0.252 e. The fraction of sp³-hybridized carbons (Fsp3) is 0.636. The Balaban J connectivity index is 2.32. The van der Waals surface area contributed by atoms with Crippen LogP contribution < -0.4 is 0 Å². The van der Waals surface area contributed by atoms with Crippen LogP contribution >= 0.6 is 22.9 Å². The van der Waals surface area contributed by atoms with Crippen molar-refractivity contribution in [1.29, 1.82) is 0 Å². The molecule has 0 amide bonds. The van der Waals surface area contributed by atoms with Crippen LogP contribution in [0.25, 0.3) is 0 Å². The molecule has 18 heavy (non-hydrogen) atoms. The van der Waals surface area contributed by atoms with E-state index in [1.807, 2.05) is 0 Å². The van der Waals surface area contributed by atoms with E-state index >= 15 is 0 Å². The molecule has 0 spiro atoms. The Morgan fingerprint density at radius 1 is 1.39 bits per heavy atom. The molecule has 2 rings (SSSR count). The zero-order valence-corrected chi connectivity index (χ0v) is 12.3. The first-order valence-electron chi connectivity index (χ1n) is 5.94. The maximum absolute atomic E-state index is 12.5. The number of hydrogen-bond acceptors (Lipinski definition) is 4. The molecule has 102 valence electrons. The molecule has 7 heteroatoms. The Bertz CT molecular complexity index is 500. The highest BCUT2D eigenvalue weighted by Gasteiger charge is 2.32. The molecule has 0 bridgehead atoms. The third-order valence-corrected chi connectivity index (χ3v) is 6.80. The molecule has 1 N–H and O–H groups in total. The average molecular weight is 310 g/mol. The number of hydrogen-bond donors (Lipinski definition) is 1. The predicted octanol–water partition coefficient (Wildman–Crippen LogP) is 2.33. The molecule has 0 aliphatic carbocycles. The summed E-state index contributed by atoms with van der Waals surface area (Å²) in [5.41, 5.74) is 0. The van der Waals surface area contributed by atoms with Gasteiger partial charge in [0, 0.05) is 12.6 Å². The van der Waals surface area contributed by atoms with E-state index in [0.29, 0.717) is 10.9 Å². The quantitative estimate of drug-likeness (QED) is 0.932. The Morgan fingerprint density at radius 3 is 2.78 bits per heavy atom. The van der Waals surface area contributed by atoms with Crippen LogP contribution in [0.2, 0.25) is 4.34 Å². The zero-order chi connectivity index (χ0) is 13.2. The van der Waals surface area contributed by atoms with Crippen LogP contribution in [0.15, 0.2) is 16.3 Å². The van der Waals surface area contributed by atoms with Gasteiger partial charge in [0.2, 0.25) is 0 Å². The highest BCUT2D eigenvalue weighted by atomic mass is 35.5. The summed E-state index contributed by atoms with van der Waals surface area (Å²) in [5, 5.41) is 9.37. The van der Waals surface area contributed by atoms with Gasteiger partial charge in [0.05, 0.1) is 10.9 Å². The second-order valence-electron chi connectivity index (χ2n) is 4.36. The van der Waals surface area contributed by atoms with Crippen molar-refractivity contribution in [3.8, 4) is 0 Å². The van der Waals surface area contributed by atoms with Gasteiger partial charge in [0.15, 0.2) is 0 Å². The summed E-state index contributed by atoms with van der Waals surface area (Å²) >= 11 is 6.86. The Hall–Kier alpha value is -0.140. The normalized spacial score (nSPS) is 22.9. The molecule has 1 atom stereocenters. The minimum Gasteiger partial charge on any atom is -0.395 e. The van der Waals surface area contributed by atoms with Gasteiger partial charge in [-0.3, -0.25) is 0 Å². The molecule has 0 saturated carbocycles. The third-order valence-electron chi connectivity index (χ3n) is 3.15. The van der Waals surface area contributed by atoms with Gasteiger partial charge in [-0.2, -0.15) is 4.31 Å². The van der Waals surface area contributed by atoms with Crippen LogP contribution in [-0.4, -0.2) is 37.0 Å². The first-order valence-corrected chi connectivity index (χ1v) is 8.57. The van der Waals surface area contributed by atoms with Gasteiger partial charge < -0.3 is 5.11 Å². The Labute approximate surface area is 116 Å². The summed E-state index contributed by atoms with van der Waals surface area (Å²) in [4.78, 5) is 0. The van der Waals surface area contributed by atoms with Crippen molar-refractivity contribution in [2.75, 3.05) is 13.2 Å². The van der Waals surface area contributed by atoms with E-state index in [1.165, 1.54) is 10.4 Å². The topological polar surface area (TPSA) is 57.6 Å². The highest BCUT2D eigenvalue weighted by molar-refractivity contribution is 7.91. The Morgan fingerprint density at radius 2 is 2.17 bits per heavy atom. The van der Waals surface area contributed by atoms with E-state index in [4.69, 9.17) is 11.6 Å². The highest BCUT2D eigenvalue weighted by Crippen LogP contribution is 2.31. The van der Waals surface area contributed by atoms with E-state index in [1.54, 1.807) is 6.07 Å². The maximum atomic E-state index is 12.5. The minimum atomic E-state index is -3.52. The summed E-state index contributed by atoms with van der Waals surface area (Å²) in [6, 6.07) is 2.81. The molecule has 1 aliphatic rings. The molecule has 1 saturated heterocycles. The first kappa shape index (κ1) is 14.3. The number of aliphatic hydroxyl groups is 1. The molecule has 1 aliphatic heterocycles. The van der Waals surface area contributed by atoms with Crippen LogP contribution in [0, 0.1) is 0 Å². The van der Waals surface area contributed by atoms with Crippen molar-refractivity contribution in [2.45, 2.75) is 35.9 Å². The molecular formula is C11H16ClNO3S2. The number of thiophene rings is 1. The number of aliphatic hydroxyl groups excluding tert-OH is 1. The van der Waals surface area contributed by atoms with Gasteiger partial charge in [-0.15, -0.1) is 11.3 Å². The minimum absolute atomic E-state index is 0.127. The Kier molecular flexibility index (Phi) is 4.66. The fourth-order valence-corrected chi connectivity index (χ4v) is 5.50. The standard InChI is InChI=1S/C11H16ClNO3S2/c12-10-5-6-11(17-10)18(15,16)13-7-3-1-2-4-9(13)8-14/h5-6,9,14H,1-4,7-8H2. The molecule has 2 heterocycles. The van der Waals surface area contributed by atoms with E-state index < -0.39 is 10.0 Å². The van der Waals surface area contributed by atoms with E-state index in [9.17, 15) is 13.5 Å². The van der Waals surface area contributed by atoms with Crippen LogP contribution in [-0.2, 0) is 10.0 Å². The summed E-state index contributed by atoms with van der Waals surface area (Å²) in [7, 11) is -3.52.